The van der Waals surface area contributed by atoms with Crippen LogP contribution in [0, 0.1) is 0 Å². The summed E-state index contributed by atoms with van der Waals surface area (Å²) in [5, 5.41) is 0.0967. The van der Waals surface area contributed by atoms with Crippen LogP contribution in [0.2, 0.25) is 0 Å². The first-order valence-electron chi connectivity index (χ1n) is 3.63. The van der Waals surface area contributed by atoms with Gasteiger partial charge in [-0.1, -0.05) is 0 Å². The highest BCUT2D eigenvalue weighted by molar-refractivity contribution is 8.13. The molecule has 7 heteroatoms. The van der Waals surface area contributed by atoms with E-state index in [1.165, 1.54) is 12.5 Å². The summed E-state index contributed by atoms with van der Waals surface area (Å²) in [5.41, 5.74) is 0. The minimum atomic E-state index is -3.65. The number of thioether (sulfide) groups is 1. The molecule has 0 saturated carbocycles. The van der Waals surface area contributed by atoms with Crippen LogP contribution >= 0.6 is 22.4 Å². The summed E-state index contributed by atoms with van der Waals surface area (Å²) >= 11 is 1.78. The second-order valence-electron chi connectivity index (χ2n) is 2.77. The minimum absolute atomic E-state index is 0.0967. The van der Waals surface area contributed by atoms with Gasteiger partial charge in [-0.3, -0.25) is 0 Å². The van der Waals surface area contributed by atoms with Gasteiger partial charge < -0.3 is 4.57 Å². The first-order valence-corrected chi connectivity index (χ1v) is 7.09. The maximum absolute atomic E-state index is 11.1. The molecule has 13 heavy (non-hydrogen) atoms. The quantitative estimate of drug-likeness (QED) is 0.724. The zero-order valence-corrected chi connectivity index (χ0v) is 8.94. The smallest absolute Gasteiger partial charge is 0.278 e. The summed E-state index contributed by atoms with van der Waals surface area (Å²) in [6.45, 7) is 0. The van der Waals surface area contributed by atoms with Gasteiger partial charge in [0.2, 0.25) is 0 Å². The summed E-state index contributed by atoms with van der Waals surface area (Å²) in [7, 11) is 1.59. The third kappa shape index (κ3) is 1.70. The Labute approximate surface area is 84.7 Å². The molecule has 1 aliphatic heterocycles. The molecule has 0 aliphatic carbocycles. The van der Waals surface area contributed by atoms with Crippen LogP contribution in [0.5, 0.6) is 0 Å². The van der Waals surface area contributed by atoms with E-state index in [9.17, 15) is 8.42 Å². The van der Waals surface area contributed by atoms with Crippen molar-refractivity contribution in [2.45, 2.75) is 11.1 Å². The number of imidazole rings is 1. The number of hydrogen-bond acceptors (Lipinski definition) is 4. The lowest BCUT2D eigenvalue weighted by Gasteiger charge is -2.26. The van der Waals surface area contributed by atoms with Crippen molar-refractivity contribution < 1.29 is 8.42 Å². The van der Waals surface area contributed by atoms with E-state index in [1.54, 1.807) is 16.3 Å². The predicted octanol–water partition coefficient (Wildman–Crippen LogP) is 1.10. The highest BCUT2D eigenvalue weighted by atomic mass is 35.7. The fourth-order valence-corrected chi connectivity index (χ4v) is 2.90. The average Bonchev–Trinajstić information content (AvgIpc) is 2.29. The van der Waals surface area contributed by atoms with E-state index in [0.29, 0.717) is 0 Å². The number of rotatable bonds is 2. The molecule has 4 nitrogen and oxygen atoms in total. The maximum atomic E-state index is 11.1. The Morgan fingerprint density at radius 3 is 2.77 bits per heavy atom. The molecule has 72 valence electrons. The van der Waals surface area contributed by atoms with Crippen LogP contribution in [0.4, 0.5) is 0 Å². The number of aromatic nitrogens is 2. The van der Waals surface area contributed by atoms with Crippen LogP contribution in [0.3, 0.4) is 0 Å². The molecule has 0 aromatic carbocycles. The Morgan fingerprint density at radius 1 is 1.62 bits per heavy atom. The Balaban J connectivity index is 2.41. The second kappa shape index (κ2) is 3.18. The molecule has 1 saturated heterocycles. The highest BCUT2D eigenvalue weighted by Crippen LogP contribution is 2.31. The molecule has 0 bridgehead atoms. The Hall–Kier alpha value is -0.200. The summed E-state index contributed by atoms with van der Waals surface area (Å²) in [5.74, 6) is 1.85. The van der Waals surface area contributed by atoms with Crippen molar-refractivity contribution in [1.29, 1.82) is 0 Å². The number of hydrogen-bond donors (Lipinski definition) is 0. The van der Waals surface area contributed by atoms with Crippen LogP contribution < -0.4 is 0 Å². The van der Waals surface area contributed by atoms with Crippen molar-refractivity contribution in [2.24, 2.45) is 0 Å². The normalized spacial score (nSPS) is 18.5. The van der Waals surface area contributed by atoms with Crippen LogP contribution in [0.15, 0.2) is 17.6 Å². The SMILES string of the molecule is O=S(=O)(Cl)c1cncn1C1CSC1. The van der Waals surface area contributed by atoms with E-state index >= 15 is 0 Å². The molecule has 0 atom stereocenters. The van der Waals surface area contributed by atoms with Crippen LogP contribution in [0.1, 0.15) is 6.04 Å². The molecule has 0 radical (unpaired) electrons. The monoisotopic (exact) mass is 238 g/mol. The van der Waals surface area contributed by atoms with Gasteiger partial charge in [-0.05, 0) is 0 Å². The molecule has 1 aliphatic rings. The third-order valence-electron chi connectivity index (χ3n) is 1.89. The van der Waals surface area contributed by atoms with Gasteiger partial charge in [0.1, 0.15) is 0 Å². The van der Waals surface area contributed by atoms with Gasteiger partial charge in [-0.15, -0.1) is 0 Å². The lowest BCUT2D eigenvalue weighted by Crippen LogP contribution is -2.24. The van der Waals surface area contributed by atoms with E-state index in [2.05, 4.69) is 4.98 Å². The largest absolute Gasteiger partial charge is 0.316 e. The molecule has 0 N–H and O–H groups in total. The van der Waals surface area contributed by atoms with Crippen molar-refractivity contribution in [2.75, 3.05) is 11.5 Å². The van der Waals surface area contributed by atoms with Crippen LogP contribution in [-0.4, -0.2) is 29.5 Å². The number of halogens is 1. The van der Waals surface area contributed by atoms with Gasteiger partial charge in [-0.2, -0.15) is 11.8 Å². The third-order valence-corrected chi connectivity index (χ3v) is 4.43. The fourth-order valence-electron chi connectivity index (χ4n) is 1.14. The summed E-state index contributed by atoms with van der Waals surface area (Å²) in [6, 6.07) is 0.232. The van der Waals surface area contributed by atoms with E-state index in [-0.39, 0.29) is 11.1 Å². The summed E-state index contributed by atoms with van der Waals surface area (Å²) < 4.78 is 23.7. The molecule has 1 aromatic heterocycles. The van der Waals surface area contributed by atoms with E-state index < -0.39 is 9.05 Å². The van der Waals surface area contributed by atoms with Crippen LogP contribution in [-0.2, 0) is 9.05 Å². The van der Waals surface area contributed by atoms with Gasteiger partial charge >= 0.3 is 0 Å². The van der Waals surface area contributed by atoms with Gasteiger partial charge in [0, 0.05) is 22.2 Å². The Kier molecular flexibility index (Phi) is 2.29. The van der Waals surface area contributed by atoms with Crippen molar-refractivity contribution in [3.05, 3.63) is 12.5 Å². The molecule has 0 unspecified atom stereocenters. The van der Waals surface area contributed by atoms with Gasteiger partial charge in [-0.25, -0.2) is 13.4 Å². The van der Waals surface area contributed by atoms with Crippen molar-refractivity contribution in [3.63, 3.8) is 0 Å². The Bertz CT molecular complexity index is 410. The van der Waals surface area contributed by atoms with E-state index in [1.807, 2.05) is 0 Å². The van der Waals surface area contributed by atoms with Crippen LogP contribution in [0.25, 0.3) is 0 Å². The molecule has 1 aromatic rings. The average molecular weight is 239 g/mol. The van der Waals surface area contributed by atoms with Crippen molar-refractivity contribution in [1.82, 2.24) is 9.55 Å². The topological polar surface area (TPSA) is 52.0 Å². The van der Waals surface area contributed by atoms with Gasteiger partial charge in [0.25, 0.3) is 9.05 Å². The van der Waals surface area contributed by atoms with E-state index in [4.69, 9.17) is 10.7 Å². The lowest BCUT2D eigenvalue weighted by atomic mass is 10.4. The van der Waals surface area contributed by atoms with E-state index in [0.717, 1.165) is 11.5 Å². The van der Waals surface area contributed by atoms with Crippen molar-refractivity contribution >= 4 is 31.5 Å². The van der Waals surface area contributed by atoms with Gasteiger partial charge in [0.15, 0.2) is 5.03 Å². The molecule has 1 fully saturated rings. The molecule has 0 spiro atoms. The van der Waals surface area contributed by atoms with Gasteiger partial charge in [0.05, 0.1) is 18.6 Å². The fraction of sp³-hybridized carbons (Fsp3) is 0.500. The molecule has 0 amide bonds. The maximum Gasteiger partial charge on any atom is 0.278 e. The highest BCUT2D eigenvalue weighted by Gasteiger charge is 2.26. The second-order valence-corrected chi connectivity index (χ2v) is 6.36. The first-order chi connectivity index (χ1) is 6.09. The first kappa shape index (κ1) is 9.36. The predicted molar refractivity (Wildman–Crippen MR) is 51.6 cm³/mol. The number of nitrogens with zero attached hydrogens (tertiary/aromatic N) is 2. The zero-order chi connectivity index (χ0) is 9.47. The molecule has 2 rings (SSSR count). The zero-order valence-electron chi connectivity index (χ0n) is 6.55. The lowest BCUT2D eigenvalue weighted by molar-refractivity contribution is 0.533. The summed E-state index contributed by atoms with van der Waals surface area (Å²) in [4.78, 5) is 3.78. The Morgan fingerprint density at radius 2 is 2.31 bits per heavy atom. The molecule has 2 heterocycles. The van der Waals surface area contributed by atoms with Crippen molar-refractivity contribution in [3.8, 4) is 0 Å². The standard InChI is InChI=1S/C6H7ClN2O2S2/c7-13(10,11)6-1-8-4-9(6)5-2-12-3-5/h1,4-5H,2-3H2. The molecular formula is C6H7ClN2O2S2. The minimum Gasteiger partial charge on any atom is -0.316 e. The molecular weight excluding hydrogens is 232 g/mol. The summed E-state index contributed by atoms with van der Waals surface area (Å²) in [6.07, 6.45) is 2.80.